The summed E-state index contributed by atoms with van der Waals surface area (Å²) in [6.07, 6.45) is -4.58. The van der Waals surface area contributed by atoms with E-state index >= 15 is 0 Å². The van der Waals surface area contributed by atoms with E-state index in [2.05, 4.69) is 22.1 Å². The molecule has 1 N–H and O–H groups in total. The lowest BCUT2D eigenvalue weighted by Crippen LogP contribution is -3.13. The molecule has 1 saturated heterocycles. The molecule has 1 aromatic carbocycles. The molecule has 0 saturated carbocycles. The molecule has 0 radical (unpaired) electrons. The zero-order valence-corrected chi connectivity index (χ0v) is 18.8. The molecule has 1 aliphatic rings. The first-order valence-corrected chi connectivity index (χ1v) is 12.0. The largest absolute Gasteiger partial charge is 0.433 e. The fraction of sp³-hybridized carbons (Fsp3) is 0.318. The number of benzene rings is 1. The molecular formula is C22H22F3N4OS2+. The Balaban J connectivity index is 1.35. The summed E-state index contributed by atoms with van der Waals surface area (Å²) in [6, 6.07) is 14.6. The van der Waals surface area contributed by atoms with Crippen LogP contribution in [0.25, 0.3) is 10.6 Å². The van der Waals surface area contributed by atoms with Crippen LogP contribution < -0.4 is 4.90 Å². The summed E-state index contributed by atoms with van der Waals surface area (Å²) in [6.45, 7) is 3.86. The first-order valence-electron chi connectivity index (χ1n) is 10.2. The predicted molar refractivity (Wildman–Crippen MR) is 118 cm³/mol. The molecule has 3 heterocycles. The average Bonchev–Trinajstić information content (AvgIpc) is 3.33. The predicted octanol–water partition coefficient (Wildman–Crippen LogP) is 3.24. The smallest absolute Gasteiger partial charge is 0.331 e. The molecule has 1 amide bonds. The number of piperazine rings is 1. The summed E-state index contributed by atoms with van der Waals surface area (Å²) in [5, 5.41) is 1.74. The van der Waals surface area contributed by atoms with E-state index in [1.54, 1.807) is 22.4 Å². The van der Waals surface area contributed by atoms with Crippen LogP contribution in [0, 0.1) is 0 Å². The number of aromatic nitrogens is 2. The molecule has 1 aliphatic heterocycles. The highest BCUT2D eigenvalue weighted by Gasteiger charge is 2.34. The topological polar surface area (TPSA) is 50.5 Å². The molecule has 168 valence electrons. The molecule has 4 rings (SSSR count). The minimum Gasteiger partial charge on any atom is -0.331 e. The maximum Gasteiger partial charge on any atom is 0.433 e. The van der Waals surface area contributed by atoms with Gasteiger partial charge in [-0.2, -0.15) is 13.2 Å². The van der Waals surface area contributed by atoms with Gasteiger partial charge in [0.1, 0.15) is 12.2 Å². The third-order valence-corrected chi connectivity index (χ3v) is 6.94. The van der Waals surface area contributed by atoms with E-state index in [9.17, 15) is 18.0 Å². The molecule has 1 fully saturated rings. The summed E-state index contributed by atoms with van der Waals surface area (Å²) in [4.78, 5) is 24.4. The maximum absolute atomic E-state index is 13.3. The quantitative estimate of drug-likeness (QED) is 0.436. The number of nitrogens with one attached hydrogen (secondary N) is 1. The Kier molecular flexibility index (Phi) is 7.12. The zero-order chi connectivity index (χ0) is 22.6. The van der Waals surface area contributed by atoms with Gasteiger partial charge < -0.3 is 9.80 Å². The fourth-order valence-corrected chi connectivity index (χ4v) is 4.98. The van der Waals surface area contributed by atoms with Crippen molar-refractivity contribution in [3.63, 3.8) is 0 Å². The van der Waals surface area contributed by atoms with Crippen molar-refractivity contribution in [1.29, 1.82) is 0 Å². The van der Waals surface area contributed by atoms with Crippen LogP contribution in [0.2, 0.25) is 0 Å². The highest BCUT2D eigenvalue weighted by molar-refractivity contribution is 7.99. The number of carbonyl (C=O) groups excluding carboxylic acids is 1. The van der Waals surface area contributed by atoms with Crippen LogP contribution in [-0.2, 0) is 17.5 Å². The Bertz CT molecular complexity index is 1040. The number of carbonyl (C=O) groups is 1. The van der Waals surface area contributed by atoms with Crippen LogP contribution in [-0.4, -0.2) is 52.7 Å². The van der Waals surface area contributed by atoms with Gasteiger partial charge in [-0.15, -0.1) is 11.3 Å². The van der Waals surface area contributed by atoms with Crippen LogP contribution in [0.4, 0.5) is 13.2 Å². The highest BCUT2D eigenvalue weighted by Crippen LogP contribution is 2.33. The first-order chi connectivity index (χ1) is 15.4. The number of amides is 1. The van der Waals surface area contributed by atoms with Crippen molar-refractivity contribution >= 4 is 29.0 Å². The van der Waals surface area contributed by atoms with Gasteiger partial charge in [0.2, 0.25) is 5.91 Å². The summed E-state index contributed by atoms with van der Waals surface area (Å²) in [7, 11) is 0. The Labute approximate surface area is 192 Å². The average molecular weight is 480 g/mol. The van der Waals surface area contributed by atoms with Crippen molar-refractivity contribution < 1.29 is 22.9 Å². The van der Waals surface area contributed by atoms with Crippen LogP contribution in [0.15, 0.2) is 59.1 Å². The standard InChI is InChI=1S/C22H21F3N4OS2/c23-22(24,25)19-13-17(18-7-4-12-31-18)26-21(27-19)32-15-20(30)29-10-8-28(9-11-29)14-16-5-2-1-3-6-16/h1-7,12-13H,8-11,14-15H2/p+1. The van der Waals surface area contributed by atoms with Crippen molar-refractivity contribution in [1.82, 2.24) is 14.9 Å². The Morgan fingerprint density at radius 1 is 1.09 bits per heavy atom. The van der Waals surface area contributed by atoms with Crippen LogP contribution in [0.5, 0.6) is 0 Å². The second kappa shape index (κ2) is 10.0. The van der Waals surface area contributed by atoms with Gasteiger partial charge in [-0.05, 0) is 17.5 Å². The third kappa shape index (κ3) is 5.87. The summed E-state index contributed by atoms with van der Waals surface area (Å²) >= 11 is 2.26. The van der Waals surface area contributed by atoms with Gasteiger partial charge in [0, 0.05) is 5.56 Å². The van der Waals surface area contributed by atoms with Gasteiger partial charge in [0.15, 0.2) is 5.16 Å². The lowest BCUT2D eigenvalue weighted by molar-refractivity contribution is -0.917. The number of hydrogen-bond donors (Lipinski definition) is 1. The molecule has 0 aliphatic carbocycles. The van der Waals surface area contributed by atoms with E-state index in [4.69, 9.17) is 0 Å². The number of hydrogen-bond acceptors (Lipinski definition) is 5. The number of nitrogens with zero attached hydrogens (tertiary/aromatic N) is 3. The van der Waals surface area contributed by atoms with Crippen LogP contribution in [0.3, 0.4) is 0 Å². The van der Waals surface area contributed by atoms with Gasteiger partial charge >= 0.3 is 6.18 Å². The summed E-state index contributed by atoms with van der Waals surface area (Å²) in [5.41, 5.74) is 0.487. The molecule has 0 spiro atoms. The van der Waals surface area contributed by atoms with Crippen molar-refractivity contribution in [3.05, 3.63) is 65.2 Å². The molecule has 0 atom stereocenters. The van der Waals surface area contributed by atoms with Crippen molar-refractivity contribution in [2.45, 2.75) is 17.9 Å². The van der Waals surface area contributed by atoms with E-state index in [-0.39, 0.29) is 22.5 Å². The molecule has 0 bridgehead atoms. The molecule has 2 aromatic heterocycles. The Morgan fingerprint density at radius 3 is 2.50 bits per heavy atom. The van der Waals surface area contributed by atoms with Crippen LogP contribution in [0.1, 0.15) is 11.3 Å². The first kappa shape index (κ1) is 22.8. The molecule has 0 unspecified atom stereocenters. The monoisotopic (exact) mass is 479 g/mol. The van der Waals surface area contributed by atoms with E-state index in [1.807, 2.05) is 18.2 Å². The number of quaternary nitrogens is 1. The van der Waals surface area contributed by atoms with Gasteiger partial charge in [0.25, 0.3) is 0 Å². The normalized spacial score (nSPS) is 15.2. The van der Waals surface area contributed by atoms with Gasteiger partial charge in [0.05, 0.1) is 42.5 Å². The van der Waals surface area contributed by atoms with E-state index in [1.165, 1.54) is 21.8 Å². The molecular weight excluding hydrogens is 457 g/mol. The second-order valence-electron chi connectivity index (χ2n) is 7.48. The minimum absolute atomic E-state index is 0.0131. The lowest BCUT2D eigenvalue weighted by atomic mass is 10.2. The number of thioether (sulfide) groups is 1. The molecule has 32 heavy (non-hydrogen) atoms. The molecule has 5 nitrogen and oxygen atoms in total. The van der Waals surface area contributed by atoms with Gasteiger partial charge in [-0.1, -0.05) is 48.2 Å². The Hall–Kier alpha value is -2.43. The van der Waals surface area contributed by atoms with E-state index in [0.717, 1.165) is 37.5 Å². The van der Waals surface area contributed by atoms with Crippen molar-refractivity contribution in [3.8, 4) is 10.6 Å². The SMILES string of the molecule is O=C(CSc1nc(-c2cccs2)cc(C(F)(F)F)n1)N1CC[NH+](Cc2ccccc2)CC1. The second-order valence-corrected chi connectivity index (χ2v) is 9.37. The van der Waals surface area contributed by atoms with Gasteiger partial charge in [-0.3, -0.25) is 4.79 Å². The number of alkyl halides is 3. The van der Waals surface area contributed by atoms with E-state index < -0.39 is 11.9 Å². The van der Waals surface area contributed by atoms with Gasteiger partial charge in [-0.25, -0.2) is 9.97 Å². The summed E-state index contributed by atoms with van der Waals surface area (Å²) < 4.78 is 39.9. The number of thiophene rings is 1. The fourth-order valence-electron chi connectivity index (χ4n) is 3.54. The lowest BCUT2D eigenvalue weighted by Gasteiger charge is -2.32. The minimum atomic E-state index is -4.58. The van der Waals surface area contributed by atoms with E-state index in [0.29, 0.717) is 18.0 Å². The number of rotatable bonds is 6. The summed E-state index contributed by atoms with van der Waals surface area (Å²) in [5.74, 6) is -0.0911. The molecule has 3 aromatic rings. The third-order valence-electron chi connectivity index (χ3n) is 5.21. The maximum atomic E-state index is 13.3. The van der Waals surface area contributed by atoms with Crippen LogP contribution >= 0.6 is 23.1 Å². The Morgan fingerprint density at radius 2 is 1.84 bits per heavy atom. The van der Waals surface area contributed by atoms with Crippen molar-refractivity contribution in [2.75, 3.05) is 31.9 Å². The molecule has 10 heteroatoms. The zero-order valence-electron chi connectivity index (χ0n) is 17.1. The highest BCUT2D eigenvalue weighted by atomic mass is 32.2. The number of halogens is 3. The van der Waals surface area contributed by atoms with Crippen molar-refractivity contribution in [2.24, 2.45) is 0 Å².